The number of rotatable bonds is 7. The van der Waals surface area contributed by atoms with Crippen molar-refractivity contribution in [3.05, 3.63) is 108 Å². The summed E-state index contributed by atoms with van der Waals surface area (Å²) < 4.78 is 0. The van der Waals surface area contributed by atoms with Crippen LogP contribution in [0, 0.1) is 5.92 Å². The molecule has 3 rings (SSSR count). The highest BCUT2D eigenvalue weighted by atomic mass is 16.1. The molecule has 0 saturated carbocycles. The van der Waals surface area contributed by atoms with Gasteiger partial charge in [0.1, 0.15) is 0 Å². The number of benzene rings is 3. The van der Waals surface area contributed by atoms with Gasteiger partial charge in [-0.15, -0.1) is 0 Å². The monoisotopic (exact) mass is 369 g/mol. The first-order chi connectivity index (χ1) is 13.6. The number of hydrogen-bond acceptors (Lipinski definition) is 1. The molecule has 0 bridgehead atoms. The number of carbonyl (C=O) groups is 1. The van der Waals surface area contributed by atoms with E-state index in [0.29, 0.717) is 11.5 Å². The van der Waals surface area contributed by atoms with Crippen molar-refractivity contribution in [3.63, 3.8) is 0 Å². The molecule has 0 fully saturated rings. The van der Waals surface area contributed by atoms with Crippen molar-refractivity contribution in [2.45, 2.75) is 26.3 Å². The smallest absolute Gasteiger partial charge is 0.252 e. The van der Waals surface area contributed by atoms with Crippen LogP contribution in [0.15, 0.2) is 91.0 Å². The molecule has 1 amide bonds. The van der Waals surface area contributed by atoms with Crippen LogP contribution in [-0.4, -0.2) is 5.91 Å². The minimum absolute atomic E-state index is 0.0171. The van der Waals surface area contributed by atoms with E-state index in [1.54, 1.807) is 0 Å². The average Bonchev–Trinajstić information content (AvgIpc) is 2.73. The van der Waals surface area contributed by atoms with Gasteiger partial charge in [0, 0.05) is 5.57 Å². The summed E-state index contributed by atoms with van der Waals surface area (Å²) in [5.74, 6) is 0.424. The summed E-state index contributed by atoms with van der Waals surface area (Å²) in [6.45, 7) is 4.36. The predicted molar refractivity (Wildman–Crippen MR) is 118 cm³/mol. The Labute approximate surface area is 167 Å². The van der Waals surface area contributed by atoms with E-state index >= 15 is 0 Å². The van der Waals surface area contributed by atoms with Crippen molar-refractivity contribution < 1.29 is 4.79 Å². The van der Waals surface area contributed by atoms with Gasteiger partial charge in [-0.1, -0.05) is 105 Å². The van der Waals surface area contributed by atoms with Crippen molar-refractivity contribution >= 4 is 17.6 Å². The molecule has 3 aromatic rings. The Bertz CT molecular complexity index is 899. The van der Waals surface area contributed by atoms with E-state index in [0.717, 1.165) is 23.1 Å². The molecule has 0 radical (unpaired) electrons. The van der Waals surface area contributed by atoms with Crippen LogP contribution in [0.2, 0.25) is 0 Å². The SMILES string of the molecule is CC(C)CC(NC(=O)/C(=C/c1ccccc1)c1ccccc1)c1ccccc1. The lowest BCUT2D eigenvalue weighted by Crippen LogP contribution is -2.30. The molecule has 0 aliphatic heterocycles. The van der Waals surface area contributed by atoms with Crippen LogP contribution in [0.4, 0.5) is 0 Å². The molecule has 0 heterocycles. The van der Waals surface area contributed by atoms with Crippen LogP contribution in [0.3, 0.4) is 0 Å². The molecule has 1 unspecified atom stereocenters. The lowest BCUT2D eigenvalue weighted by atomic mass is 9.95. The highest BCUT2D eigenvalue weighted by Gasteiger charge is 2.19. The zero-order valence-corrected chi connectivity index (χ0v) is 16.5. The molecule has 0 aromatic heterocycles. The first-order valence-electron chi connectivity index (χ1n) is 9.81. The second kappa shape index (κ2) is 9.70. The van der Waals surface area contributed by atoms with E-state index in [9.17, 15) is 4.79 Å². The van der Waals surface area contributed by atoms with Gasteiger partial charge >= 0.3 is 0 Å². The van der Waals surface area contributed by atoms with Gasteiger partial charge in [0.05, 0.1) is 6.04 Å². The van der Waals surface area contributed by atoms with Crippen molar-refractivity contribution in [1.82, 2.24) is 5.32 Å². The van der Waals surface area contributed by atoms with Crippen LogP contribution >= 0.6 is 0 Å². The fourth-order valence-electron chi connectivity index (χ4n) is 3.28. The maximum atomic E-state index is 13.3. The molecule has 28 heavy (non-hydrogen) atoms. The molecule has 1 N–H and O–H groups in total. The van der Waals surface area contributed by atoms with E-state index in [2.05, 4.69) is 31.3 Å². The van der Waals surface area contributed by atoms with Crippen LogP contribution < -0.4 is 5.32 Å². The van der Waals surface area contributed by atoms with Gasteiger partial charge in [0.2, 0.25) is 0 Å². The zero-order chi connectivity index (χ0) is 19.8. The molecule has 0 saturated heterocycles. The fraction of sp³-hybridized carbons (Fsp3) is 0.192. The summed E-state index contributed by atoms with van der Waals surface area (Å²) in [6, 6.07) is 30.0. The van der Waals surface area contributed by atoms with E-state index in [4.69, 9.17) is 0 Å². The minimum atomic E-state index is -0.0513. The molecule has 3 aromatic carbocycles. The number of carbonyl (C=O) groups excluding carboxylic acids is 1. The number of hydrogen-bond donors (Lipinski definition) is 1. The van der Waals surface area contributed by atoms with E-state index in [1.807, 2.05) is 84.9 Å². The molecule has 2 heteroatoms. The van der Waals surface area contributed by atoms with E-state index in [-0.39, 0.29) is 11.9 Å². The lowest BCUT2D eigenvalue weighted by molar-refractivity contribution is -0.116. The van der Waals surface area contributed by atoms with Crippen molar-refractivity contribution in [1.29, 1.82) is 0 Å². The van der Waals surface area contributed by atoms with Crippen LogP contribution in [0.1, 0.15) is 43.0 Å². The van der Waals surface area contributed by atoms with Crippen molar-refractivity contribution in [3.8, 4) is 0 Å². The Morgan fingerprint density at radius 1 is 0.821 bits per heavy atom. The Morgan fingerprint density at radius 2 is 1.36 bits per heavy atom. The maximum absolute atomic E-state index is 13.3. The van der Waals surface area contributed by atoms with Crippen LogP contribution in [0.5, 0.6) is 0 Å². The third-order valence-corrected chi connectivity index (χ3v) is 4.65. The quantitative estimate of drug-likeness (QED) is 0.394. The average molecular weight is 370 g/mol. The largest absolute Gasteiger partial charge is 0.345 e. The van der Waals surface area contributed by atoms with E-state index < -0.39 is 0 Å². The summed E-state index contributed by atoms with van der Waals surface area (Å²) in [4.78, 5) is 13.3. The van der Waals surface area contributed by atoms with Gasteiger partial charge in [-0.3, -0.25) is 4.79 Å². The predicted octanol–water partition coefficient (Wildman–Crippen LogP) is 6.13. The molecular weight excluding hydrogens is 342 g/mol. The topological polar surface area (TPSA) is 29.1 Å². The molecule has 0 aliphatic carbocycles. The highest BCUT2D eigenvalue weighted by molar-refractivity contribution is 6.24. The second-order valence-electron chi connectivity index (χ2n) is 7.40. The van der Waals surface area contributed by atoms with Gasteiger partial charge in [-0.2, -0.15) is 0 Å². The number of nitrogens with one attached hydrogen (secondary N) is 1. The van der Waals surface area contributed by atoms with E-state index in [1.165, 1.54) is 0 Å². The van der Waals surface area contributed by atoms with Crippen molar-refractivity contribution in [2.75, 3.05) is 0 Å². The van der Waals surface area contributed by atoms with Gasteiger partial charge in [-0.25, -0.2) is 0 Å². The molecule has 2 nitrogen and oxygen atoms in total. The molecule has 1 atom stereocenters. The molecular formula is C26H27NO. The minimum Gasteiger partial charge on any atom is -0.345 e. The number of amides is 1. The Hall–Kier alpha value is -3.13. The maximum Gasteiger partial charge on any atom is 0.252 e. The Kier molecular flexibility index (Phi) is 6.80. The summed E-state index contributed by atoms with van der Waals surface area (Å²) in [5, 5.41) is 3.28. The first-order valence-corrected chi connectivity index (χ1v) is 9.81. The zero-order valence-electron chi connectivity index (χ0n) is 16.5. The van der Waals surface area contributed by atoms with Crippen LogP contribution in [-0.2, 0) is 4.79 Å². The lowest BCUT2D eigenvalue weighted by Gasteiger charge is -2.22. The summed E-state index contributed by atoms with van der Waals surface area (Å²) in [7, 11) is 0. The van der Waals surface area contributed by atoms with Crippen LogP contribution in [0.25, 0.3) is 11.6 Å². The fourth-order valence-corrected chi connectivity index (χ4v) is 3.28. The summed E-state index contributed by atoms with van der Waals surface area (Å²) in [6.07, 6.45) is 2.85. The van der Waals surface area contributed by atoms with Gasteiger partial charge in [0.25, 0.3) is 5.91 Å². The Morgan fingerprint density at radius 3 is 1.93 bits per heavy atom. The summed E-state index contributed by atoms with van der Waals surface area (Å²) >= 11 is 0. The normalized spacial score (nSPS) is 12.6. The third-order valence-electron chi connectivity index (χ3n) is 4.65. The second-order valence-corrected chi connectivity index (χ2v) is 7.40. The third kappa shape index (κ3) is 5.43. The molecule has 0 spiro atoms. The standard InChI is InChI=1S/C26H27NO/c1-20(2)18-25(23-16-10-5-11-17-23)27-26(28)24(22-14-8-4-9-15-22)19-21-12-6-3-7-13-21/h3-17,19-20,25H,18H2,1-2H3,(H,27,28)/b24-19+. The Balaban J connectivity index is 1.93. The van der Waals surface area contributed by atoms with Crippen molar-refractivity contribution in [2.24, 2.45) is 5.92 Å². The summed E-state index contributed by atoms with van der Waals surface area (Å²) in [5.41, 5.74) is 3.74. The molecule has 142 valence electrons. The van der Waals surface area contributed by atoms with Gasteiger partial charge < -0.3 is 5.32 Å². The highest BCUT2D eigenvalue weighted by Crippen LogP contribution is 2.24. The molecule has 0 aliphatic rings. The van der Waals surface area contributed by atoms with Gasteiger partial charge in [-0.05, 0) is 35.1 Å². The van der Waals surface area contributed by atoms with Gasteiger partial charge in [0.15, 0.2) is 0 Å². The first kappa shape index (κ1) is 19.6.